The zero-order valence-corrected chi connectivity index (χ0v) is 80.0. The van der Waals surface area contributed by atoms with Crippen LogP contribution in [0.25, 0.3) is 165 Å². The molecule has 0 saturated heterocycles. The molecular weight excluding hydrogens is 1900 g/mol. The summed E-state index contributed by atoms with van der Waals surface area (Å²) in [5.41, 5.74) is 53.7. The van der Waals surface area contributed by atoms with Gasteiger partial charge in [-0.2, -0.15) is 30.8 Å². The first-order chi connectivity index (χ1) is 68.3. The molecule has 3 atom stereocenters. The minimum absolute atomic E-state index is 0.0183. The molecule has 10 aromatic carbocycles. The van der Waals surface area contributed by atoms with Gasteiger partial charge in [0.05, 0.1) is 147 Å². The Hall–Kier alpha value is -14.9. The molecule has 30 rings (SSSR count). The number of aromatic nitrogens is 15. The molecule has 20 aromatic rings. The molecule has 26 heteroatoms. The number of halogens is 2. The molecule has 15 heterocycles. The number of aliphatic imine (C=N–C) groups is 5. The number of nitriles is 1. The highest BCUT2D eigenvalue weighted by atomic mass is 127. The molecule has 5 aliphatic carbocycles. The van der Waals surface area contributed by atoms with E-state index in [1.807, 2.05) is 61.8 Å². The third-order valence-corrected chi connectivity index (χ3v) is 31.4. The number of carbonyl (C=O) groups excluding carboxylic acids is 1. The first-order valence-electron chi connectivity index (χ1n) is 48.2. The van der Waals surface area contributed by atoms with Gasteiger partial charge in [0.15, 0.2) is 0 Å². The van der Waals surface area contributed by atoms with Gasteiger partial charge in [0.2, 0.25) is 5.91 Å². The van der Waals surface area contributed by atoms with Crippen LogP contribution in [0.15, 0.2) is 200 Å². The number of nitrogens with one attached hydrogen (secondary N) is 6. The van der Waals surface area contributed by atoms with Crippen molar-refractivity contribution in [1.82, 2.24) is 81.2 Å². The molecule has 10 aromatic heterocycles. The van der Waals surface area contributed by atoms with E-state index in [4.69, 9.17) is 30.7 Å². The fraction of sp³-hybridized carbons (Fsp3) is 0.230. The maximum Gasteiger partial charge on any atom is 0.217 e. The Morgan fingerprint density at radius 1 is 0.374 bits per heavy atom. The number of nitrogens with zero attached hydrogens (tertiary/aromatic N) is 16. The SMILES string of the molecule is Brc1[nH]nc2ccc3nc(-c4ccc5c(c4)C=NC5)c4c(c3c12)CCCC4.CC(=O)NC1CCc2c(c(-c3ccc4c(c3)C=NC4)nc3ccc4[nH]ncc4c23)C1.Ic1[nH]nc2ccc3nc(-c4ccc5c(c4)C=NC5)c4c(c3c12)CCCC4.N#CC1CCc2c(c(-c3ccc4c(c3)C=NC4)nc3ccc4[nH]ncc4c23)C1.NC1CCc2c(c(-c3ccc4c(c3)C=NC4)nc3ccc4[nH]ncc4c23)C1. The number of H-pyrrole nitrogens is 5. The van der Waals surface area contributed by atoms with Crippen molar-refractivity contribution >= 4 is 185 Å². The highest BCUT2D eigenvalue weighted by molar-refractivity contribution is 14.1. The predicted octanol–water partition coefficient (Wildman–Crippen LogP) is 22.1. The fourth-order valence-corrected chi connectivity index (χ4v) is 24.5. The van der Waals surface area contributed by atoms with Gasteiger partial charge in [-0.05, 0) is 350 Å². The van der Waals surface area contributed by atoms with Gasteiger partial charge >= 0.3 is 0 Å². The highest BCUT2D eigenvalue weighted by Gasteiger charge is 2.33. The van der Waals surface area contributed by atoms with Crippen LogP contribution in [0.2, 0.25) is 0 Å². The van der Waals surface area contributed by atoms with Gasteiger partial charge in [-0.3, -0.25) is 55.2 Å². The van der Waals surface area contributed by atoms with E-state index in [0.29, 0.717) is 0 Å². The Morgan fingerprint density at radius 3 is 1.13 bits per heavy atom. The van der Waals surface area contributed by atoms with Crippen LogP contribution < -0.4 is 11.1 Å². The van der Waals surface area contributed by atoms with Crippen LogP contribution in [-0.2, 0) is 102 Å². The molecule has 24 nitrogen and oxygen atoms in total. The molecule has 678 valence electrons. The van der Waals surface area contributed by atoms with Crippen LogP contribution in [0.1, 0.15) is 163 Å². The summed E-state index contributed by atoms with van der Waals surface area (Å²) in [6.07, 6.45) is 32.9. The Morgan fingerprint density at radius 2 is 0.712 bits per heavy atom. The second kappa shape index (κ2) is 34.7. The molecule has 0 bridgehead atoms. The zero-order chi connectivity index (χ0) is 92.8. The van der Waals surface area contributed by atoms with Crippen molar-refractivity contribution in [3.8, 4) is 62.4 Å². The molecule has 0 fully saturated rings. The van der Waals surface area contributed by atoms with Gasteiger partial charge in [-0.25, -0.2) is 24.9 Å². The van der Waals surface area contributed by atoms with Crippen molar-refractivity contribution < 1.29 is 4.79 Å². The molecule has 1 amide bonds. The van der Waals surface area contributed by atoms with Crippen LogP contribution in [0.5, 0.6) is 0 Å². The average Bonchev–Trinajstić information content (AvgIpc) is 1.74. The summed E-state index contributed by atoms with van der Waals surface area (Å²) in [5.74, 6) is 0.0646. The molecule has 0 spiro atoms. The molecule has 5 aliphatic heterocycles. The molecule has 0 saturated carbocycles. The lowest BCUT2D eigenvalue weighted by Crippen LogP contribution is -2.37. The van der Waals surface area contributed by atoms with Gasteiger partial charge in [0.25, 0.3) is 0 Å². The van der Waals surface area contributed by atoms with Gasteiger partial charge in [0, 0.05) is 132 Å². The van der Waals surface area contributed by atoms with Crippen LogP contribution in [0, 0.1) is 20.9 Å². The smallest absolute Gasteiger partial charge is 0.217 e. The van der Waals surface area contributed by atoms with E-state index >= 15 is 0 Å². The van der Waals surface area contributed by atoms with Crippen LogP contribution >= 0.6 is 38.5 Å². The number of fused-ring (bicyclic) bond motifs is 30. The maximum atomic E-state index is 11.7. The van der Waals surface area contributed by atoms with Crippen molar-refractivity contribution in [2.75, 3.05) is 0 Å². The van der Waals surface area contributed by atoms with Gasteiger partial charge in [-0.15, -0.1) is 0 Å². The van der Waals surface area contributed by atoms with Crippen LogP contribution in [0.4, 0.5) is 0 Å². The van der Waals surface area contributed by atoms with Gasteiger partial charge in [-0.1, -0.05) is 60.7 Å². The van der Waals surface area contributed by atoms with Crippen molar-refractivity contribution in [3.05, 3.63) is 290 Å². The summed E-state index contributed by atoms with van der Waals surface area (Å²) >= 11 is 6.01. The number of nitrogens with two attached hydrogens (primary N) is 1. The lowest BCUT2D eigenvalue weighted by atomic mass is 9.80. The normalized spacial score (nSPS) is 16.8. The van der Waals surface area contributed by atoms with E-state index in [2.05, 4.69) is 265 Å². The standard InChI is InChI=1S/C24H21N5O.C23H17N5.C22H17BrN4.C22H17IN4.C22H19N5/c1-13(30)27-17-4-5-18-19(9-17)24(14-2-3-15-10-25-11-16(15)8-14)28-22-7-6-21-20(23(18)22)12-26-29-21;24-9-13-1-4-17-18(7-13)23(14-2-3-15-10-25-11-16(15)8-14)27-21-6-5-20-19(22(17)21)12-26-28-20;2*23-22-20-18(26-27-22)8-7-17-19(20)15-3-1-2-4-16(15)21(25-17)12-5-6-13-10-24-11-14(13)9-12;23-15-3-4-16-17(8-15)22(12-1-2-13-9-24-10-14(13)7-12)26-20-6-5-19-18(21(16)20)11-25-27-19/h2-3,6-8,11-12,17H,4-5,9-10H2,1H3,(H,26,29)(H,27,30);2-3,5-6,8,11-13H,1,4,7,10H2,(H,26,28);2*5-9,11H,1-4,10H2,(H,26,27);1-2,5-7,10-11,15H,3-4,8-9,23H2,(H,25,27). The number of aryl methyl sites for hydroxylation is 5. The number of hydrogen-bond acceptors (Lipinski definition) is 18. The number of carbonyl (C=O) groups is 1. The maximum absolute atomic E-state index is 11.7. The number of hydrogen-bond donors (Lipinski definition) is 7. The van der Waals surface area contributed by atoms with Crippen molar-refractivity contribution in [1.29, 1.82) is 5.26 Å². The average molecular weight is 1990 g/mol. The number of amides is 1. The summed E-state index contributed by atoms with van der Waals surface area (Å²) in [6, 6.07) is 56.5. The van der Waals surface area contributed by atoms with E-state index < -0.39 is 0 Å². The largest absolute Gasteiger partial charge is 0.353 e. The molecule has 139 heavy (non-hydrogen) atoms. The second-order valence-corrected chi connectivity index (χ2v) is 40.2. The van der Waals surface area contributed by atoms with E-state index in [0.717, 1.165) is 246 Å². The summed E-state index contributed by atoms with van der Waals surface area (Å²) < 4.78 is 2.04. The third kappa shape index (κ3) is 14.9. The zero-order valence-electron chi connectivity index (χ0n) is 76.2. The van der Waals surface area contributed by atoms with Gasteiger partial charge < -0.3 is 11.1 Å². The van der Waals surface area contributed by atoms with Gasteiger partial charge in [0.1, 0.15) is 8.30 Å². The number of aromatic amines is 5. The summed E-state index contributed by atoms with van der Waals surface area (Å²) in [6.45, 7) is 5.48. The summed E-state index contributed by atoms with van der Waals surface area (Å²) in [7, 11) is 0. The van der Waals surface area contributed by atoms with E-state index in [1.165, 1.54) is 180 Å². The van der Waals surface area contributed by atoms with Crippen molar-refractivity contribution in [3.63, 3.8) is 0 Å². The minimum atomic E-state index is 0.0183. The molecular formula is C113H91BrIN23O. The highest BCUT2D eigenvalue weighted by Crippen LogP contribution is 2.48. The Kier molecular flexibility index (Phi) is 21.1. The quantitative estimate of drug-likeness (QED) is 0.0762. The second-order valence-electron chi connectivity index (χ2n) is 38.3. The van der Waals surface area contributed by atoms with E-state index in [9.17, 15) is 10.1 Å². The van der Waals surface area contributed by atoms with E-state index in [1.54, 1.807) is 6.92 Å². The number of pyridine rings is 5. The lowest BCUT2D eigenvalue weighted by molar-refractivity contribution is -0.119. The summed E-state index contributed by atoms with van der Waals surface area (Å²) in [5, 5.41) is 61.7. The molecule has 3 unspecified atom stereocenters. The number of rotatable bonds is 6. The van der Waals surface area contributed by atoms with Crippen molar-refractivity contribution in [2.45, 2.75) is 161 Å². The molecule has 10 aliphatic rings. The van der Waals surface area contributed by atoms with E-state index in [-0.39, 0.29) is 23.9 Å². The first kappa shape index (κ1) is 84.6. The monoisotopic (exact) mass is 1990 g/mol. The van der Waals surface area contributed by atoms with Crippen LogP contribution in [-0.4, -0.2) is 125 Å². The fourth-order valence-electron chi connectivity index (χ4n) is 23.3. The van der Waals surface area contributed by atoms with Crippen molar-refractivity contribution in [2.24, 2.45) is 36.6 Å². The van der Waals surface area contributed by atoms with Crippen LogP contribution in [0.3, 0.4) is 0 Å². The Bertz CT molecular complexity index is 8660. The first-order valence-corrected chi connectivity index (χ1v) is 50.1. The summed E-state index contributed by atoms with van der Waals surface area (Å²) in [4.78, 5) is 59.3. The Labute approximate surface area is 819 Å². The predicted molar refractivity (Wildman–Crippen MR) is 565 cm³/mol. The lowest BCUT2D eigenvalue weighted by Gasteiger charge is -2.28. The molecule has 0 radical (unpaired) electrons. The molecule has 8 N–H and O–H groups in total. The number of benzene rings is 10. The minimum Gasteiger partial charge on any atom is -0.353 e. The topological polar surface area (TPSA) is 349 Å². The third-order valence-electron chi connectivity index (χ3n) is 30.0. The Balaban J connectivity index is 0.0000000896.